The molecule has 0 saturated carbocycles. The Morgan fingerprint density at radius 2 is 1.73 bits per heavy atom. The summed E-state index contributed by atoms with van der Waals surface area (Å²) >= 11 is 0. The molecule has 0 amide bonds. The predicted octanol–water partition coefficient (Wildman–Crippen LogP) is 3.14. The Labute approximate surface area is 134 Å². The lowest BCUT2D eigenvalue weighted by atomic mass is 10.2. The second kappa shape index (κ2) is 17.4. The van der Waals surface area contributed by atoms with Crippen molar-refractivity contribution in [2.45, 2.75) is 53.4 Å². The molecule has 5 nitrogen and oxygen atoms in total. The van der Waals surface area contributed by atoms with Gasteiger partial charge in [0.05, 0.1) is 13.2 Å². The van der Waals surface area contributed by atoms with E-state index in [1.807, 2.05) is 32.1 Å². The van der Waals surface area contributed by atoms with Crippen LogP contribution in [0.15, 0.2) is 23.8 Å². The van der Waals surface area contributed by atoms with Crippen LogP contribution in [0.4, 0.5) is 0 Å². The van der Waals surface area contributed by atoms with E-state index in [1.54, 1.807) is 0 Å². The highest BCUT2D eigenvalue weighted by Gasteiger charge is 2.05. The van der Waals surface area contributed by atoms with Crippen LogP contribution in [0, 0.1) is 0 Å². The van der Waals surface area contributed by atoms with Gasteiger partial charge in [0.1, 0.15) is 6.61 Å². The van der Waals surface area contributed by atoms with Gasteiger partial charge in [-0.15, -0.1) is 0 Å². The lowest BCUT2D eigenvalue weighted by Gasteiger charge is -2.06. The molecule has 0 aromatic rings. The summed E-state index contributed by atoms with van der Waals surface area (Å²) in [6.45, 7) is 8.52. The third kappa shape index (κ3) is 16.4. The summed E-state index contributed by atoms with van der Waals surface area (Å²) in [7, 11) is 0. The van der Waals surface area contributed by atoms with E-state index in [1.165, 1.54) is 6.42 Å². The van der Waals surface area contributed by atoms with Gasteiger partial charge in [-0.3, -0.25) is 9.59 Å². The van der Waals surface area contributed by atoms with Crippen molar-refractivity contribution in [3.8, 4) is 0 Å². The van der Waals surface area contributed by atoms with Crippen LogP contribution in [0.25, 0.3) is 0 Å². The zero-order valence-corrected chi connectivity index (χ0v) is 14.4. The van der Waals surface area contributed by atoms with Gasteiger partial charge in [-0.2, -0.15) is 0 Å². The van der Waals surface area contributed by atoms with Crippen LogP contribution >= 0.6 is 0 Å². The molecule has 0 saturated heterocycles. The first-order valence-electron chi connectivity index (χ1n) is 7.88. The van der Waals surface area contributed by atoms with E-state index in [0.29, 0.717) is 6.42 Å². The number of allylic oxidation sites excluding steroid dienone is 2. The fourth-order valence-corrected chi connectivity index (χ4v) is 1.35. The maximum Gasteiger partial charge on any atom is 0.319 e. The largest absolute Gasteiger partial charge is 0.465 e. The predicted molar refractivity (Wildman–Crippen MR) is 89.4 cm³/mol. The molecule has 0 radical (unpaired) electrons. The number of hydrogen-bond acceptors (Lipinski definition) is 5. The standard InChI is InChI=1S/C14H23NO4.C3H8/c1-3-6-12(7-4-2)11-19-13(16)8-5-9-18-14(17)10-15;1-3-2/h3,6-7H,4-5,8-11,15H2,1-2H3;3H2,1-2H3/b6-3-,12-7+;. The topological polar surface area (TPSA) is 78.6 Å². The second-order valence-corrected chi connectivity index (χ2v) is 4.58. The van der Waals surface area contributed by atoms with Crippen molar-refractivity contribution in [3.63, 3.8) is 0 Å². The zero-order valence-electron chi connectivity index (χ0n) is 14.4. The molecule has 0 heterocycles. The van der Waals surface area contributed by atoms with Crippen molar-refractivity contribution in [1.29, 1.82) is 0 Å². The van der Waals surface area contributed by atoms with Crippen molar-refractivity contribution in [2.24, 2.45) is 5.73 Å². The van der Waals surface area contributed by atoms with Gasteiger partial charge in [-0.1, -0.05) is 45.4 Å². The first-order chi connectivity index (χ1) is 10.5. The zero-order chi connectivity index (χ0) is 17.2. The van der Waals surface area contributed by atoms with E-state index in [0.717, 1.165) is 12.0 Å². The molecule has 0 bridgehead atoms. The number of esters is 2. The summed E-state index contributed by atoms with van der Waals surface area (Å²) in [6.07, 6.45) is 8.65. The Hall–Kier alpha value is -1.62. The number of carbonyl (C=O) groups is 2. The maximum atomic E-state index is 11.4. The van der Waals surface area contributed by atoms with Gasteiger partial charge in [0.2, 0.25) is 0 Å². The van der Waals surface area contributed by atoms with Crippen LogP contribution < -0.4 is 5.73 Å². The van der Waals surface area contributed by atoms with Crippen LogP contribution in [0.2, 0.25) is 0 Å². The molecule has 0 spiro atoms. The number of hydrogen-bond donors (Lipinski definition) is 1. The minimum absolute atomic E-state index is 0.140. The van der Waals surface area contributed by atoms with E-state index in [4.69, 9.17) is 15.2 Å². The van der Waals surface area contributed by atoms with Crippen LogP contribution in [0.3, 0.4) is 0 Å². The molecular weight excluding hydrogens is 282 g/mol. The second-order valence-electron chi connectivity index (χ2n) is 4.58. The summed E-state index contributed by atoms with van der Waals surface area (Å²) in [5.41, 5.74) is 6.05. The van der Waals surface area contributed by atoms with E-state index in [-0.39, 0.29) is 32.1 Å². The normalized spacial score (nSPS) is 10.9. The highest BCUT2D eigenvalue weighted by molar-refractivity contribution is 5.71. The van der Waals surface area contributed by atoms with Crippen molar-refractivity contribution in [2.75, 3.05) is 19.8 Å². The number of nitrogens with two attached hydrogens (primary N) is 1. The number of ether oxygens (including phenoxy) is 2. The lowest BCUT2D eigenvalue weighted by Crippen LogP contribution is -2.17. The van der Waals surface area contributed by atoms with Gasteiger partial charge in [0.15, 0.2) is 0 Å². The summed E-state index contributed by atoms with van der Waals surface area (Å²) in [4.78, 5) is 22.2. The van der Waals surface area contributed by atoms with E-state index in [9.17, 15) is 9.59 Å². The molecule has 0 aliphatic carbocycles. The maximum absolute atomic E-state index is 11.4. The first kappa shape index (κ1) is 22.7. The Balaban J connectivity index is 0. The molecular formula is C17H31NO4. The molecule has 0 aliphatic rings. The first-order valence-corrected chi connectivity index (χ1v) is 7.88. The monoisotopic (exact) mass is 313 g/mol. The number of rotatable bonds is 9. The molecule has 5 heteroatoms. The van der Waals surface area contributed by atoms with Gasteiger partial charge >= 0.3 is 11.9 Å². The smallest absolute Gasteiger partial charge is 0.319 e. The van der Waals surface area contributed by atoms with Gasteiger partial charge < -0.3 is 15.2 Å². The van der Waals surface area contributed by atoms with Crippen LogP contribution in [0.1, 0.15) is 53.4 Å². The fraction of sp³-hybridized carbons (Fsp3) is 0.647. The Morgan fingerprint density at radius 3 is 2.23 bits per heavy atom. The van der Waals surface area contributed by atoms with Crippen LogP contribution in [-0.2, 0) is 19.1 Å². The van der Waals surface area contributed by atoms with E-state index < -0.39 is 5.97 Å². The van der Waals surface area contributed by atoms with Crippen LogP contribution in [0.5, 0.6) is 0 Å². The summed E-state index contributed by atoms with van der Waals surface area (Å²) < 4.78 is 9.87. The van der Waals surface area contributed by atoms with Crippen LogP contribution in [-0.4, -0.2) is 31.7 Å². The summed E-state index contributed by atoms with van der Waals surface area (Å²) in [5.74, 6) is -0.759. The van der Waals surface area contributed by atoms with Crippen molar-refractivity contribution in [1.82, 2.24) is 0 Å². The van der Waals surface area contributed by atoms with Crippen molar-refractivity contribution < 1.29 is 19.1 Å². The molecule has 0 rings (SSSR count). The average Bonchev–Trinajstić information content (AvgIpc) is 2.50. The summed E-state index contributed by atoms with van der Waals surface area (Å²) in [6, 6.07) is 0. The quantitative estimate of drug-likeness (QED) is 0.402. The Bertz CT molecular complexity index is 349. The molecule has 0 aromatic carbocycles. The van der Waals surface area contributed by atoms with Gasteiger partial charge in [-0.25, -0.2) is 0 Å². The SMILES string of the molecule is C/C=C\C(=C/CC)COC(=O)CCCOC(=O)CN.CCC. The van der Waals surface area contributed by atoms with Crippen molar-refractivity contribution in [3.05, 3.63) is 23.8 Å². The number of carbonyl (C=O) groups excluding carboxylic acids is 2. The summed E-state index contributed by atoms with van der Waals surface area (Å²) in [5, 5.41) is 0. The molecule has 22 heavy (non-hydrogen) atoms. The van der Waals surface area contributed by atoms with Gasteiger partial charge in [0.25, 0.3) is 0 Å². The lowest BCUT2D eigenvalue weighted by molar-refractivity contribution is -0.146. The average molecular weight is 313 g/mol. The molecule has 0 unspecified atom stereocenters. The molecule has 0 fully saturated rings. The highest BCUT2D eigenvalue weighted by Crippen LogP contribution is 2.02. The molecule has 0 aliphatic heterocycles. The third-order valence-corrected chi connectivity index (χ3v) is 2.20. The molecule has 0 aromatic heterocycles. The van der Waals surface area contributed by atoms with E-state index in [2.05, 4.69) is 13.8 Å². The third-order valence-electron chi connectivity index (χ3n) is 2.20. The van der Waals surface area contributed by atoms with E-state index >= 15 is 0 Å². The van der Waals surface area contributed by atoms with Gasteiger partial charge in [0, 0.05) is 6.42 Å². The van der Waals surface area contributed by atoms with Gasteiger partial charge in [-0.05, 0) is 25.3 Å². The highest BCUT2D eigenvalue weighted by atomic mass is 16.5. The molecule has 2 N–H and O–H groups in total. The molecule has 0 atom stereocenters. The minimum Gasteiger partial charge on any atom is -0.465 e. The van der Waals surface area contributed by atoms with Crippen molar-refractivity contribution >= 4 is 11.9 Å². The Kier molecular flexibility index (Phi) is 18.0. The molecule has 128 valence electrons. The minimum atomic E-state index is -0.463. The fourth-order valence-electron chi connectivity index (χ4n) is 1.35. The Morgan fingerprint density at radius 1 is 1.09 bits per heavy atom.